The first-order valence-corrected chi connectivity index (χ1v) is 10.3. The van der Waals surface area contributed by atoms with Crippen molar-refractivity contribution in [2.45, 2.75) is 11.3 Å². The van der Waals surface area contributed by atoms with Crippen molar-refractivity contribution >= 4 is 27.7 Å². The van der Waals surface area contributed by atoms with Crippen molar-refractivity contribution in [3.8, 4) is 17.2 Å². The van der Waals surface area contributed by atoms with E-state index in [0.29, 0.717) is 13.2 Å². The molecule has 1 aliphatic heterocycles. The molecule has 0 bridgehead atoms. The first-order chi connectivity index (χ1) is 13.2. The molecule has 27 heavy (non-hydrogen) atoms. The normalized spacial score (nSPS) is 15.6. The van der Waals surface area contributed by atoms with Gasteiger partial charge in [0, 0.05) is 17.3 Å². The van der Waals surface area contributed by atoms with Crippen molar-refractivity contribution in [1.82, 2.24) is 14.8 Å². The molecule has 1 aromatic heterocycles. The molecule has 2 aromatic carbocycles. The Morgan fingerprint density at radius 1 is 1.15 bits per heavy atom. The van der Waals surface area contributed by atoms with Gasteiger partial charge >= 0.3 is 0 Å². The molecule has 0 spiro atoms. The van der Waals surface area contributed by atoms with Crippen LogP contribution in [0.3, 0.4) is 0 Å². The molecule has 0 fully saturated rings. The minimum absolute atomic E-state index is 0.272. The number of fused-ring (bicyclic) bond motifs is 1. The predicted octanol–water partition coefficient (Wildman–Crippen LogP) is 4.26. The number of para-hydroxylation sites is 2. The van der Waals surface area contributed by atoms with Gasteiger partial charge in [0.05, 0.1) is 6.61 Å². The molecule has 0 saturated heterocycles. The summed E-state index contributed by atoms with van der Waals surface area (Å²) in [5.74, 6) is 3.86. The standard InChI is InChI=1S/C19H18BrN3O3S/c1-23-18(17-12-25-15-4-2-3-5-16(15)26-17)21-22-19(23)27-11-10-24-14-8-6-13(20)7-9-14/h2-9,17H,10-12H2,1H3. The van der Waals surface area contributed by atoms with Crippen molar-refractivity contribution in [1.29, 1.82) is 0 Å². The van der Waals surface area contributed by atoms with Crippen LogP contribution in [0.1, 0.15) is 11.9 Å². The quantitative estimate of drug-likeness (QED) is 0.415. The van der Waals surface area contributed by atoms with E-state index in [4.69, 9.17) is 14.2 Å². The fraction of sp³-hybridized carbons (Fsp3) is 0.263. The second-order valence-corrected chi connectivity index (χ2v) is 7.89. The van der Waals surface area contributed by atoms with Gasteiger partial charge in [-0.3, -0.25) is 0 Å². The zero-order chi connectivity index (χ0) is 18.6. The van der Waals surface area contributed by atoms with Gasteiger partial charge in [0.25, 0.3) is 0 Å². The Labute approximate surface area is 170 Å². The molecular weight excluding hydrogens is 430 g/mol. The third-order valence-electron chi connectivity index (χ3n) is 4.06. The van der Waals surface area contributed by atoms with Crippen molar-refractivity contribution in [3.05, 3.63) is 58.8 Å². The number of ether oxygens (including phenoxy) is 3. The fourth-order valence-electron chi connectivity index (χ4n) is 2.70. The molecule has 0 radical (unpaired) electrons. The summed E-state index contributed by atoms with van der Waals surface area (Å²) >= 11 is 5.01. The Morgan fingerprint density at radius 2 is 1.93 bits per heavy atom. The Balaban J connectivity index is 1.33. The maximum atomic E-state index is 6.02. The summed E-state index contributed by atoms with van der Waals surface area (Å²) in [4.78, 5) is 0. The summed E-state index contributed by atoms with van der Waals surface area (Å²) in [5.41, 5.74) is 0. The monoisotopic (exact) mass is 447 g/mol. The Bertz CT molecular complexity index is 917. The number of hydrogen-bond donors (Lipinski definition) is 0. The average molecular weight is 448 g/mol. The number of nitrogens with zero attached hydrogens (tertiary/aromatic N) is 3. The topological polar surface area (TPSA) is 58.4 Å². The van der Waals surface area contributed by atoms with Crippen LogP contribution in [0.5, 0.6) is 17.2 Å². The summed E-state index contributed by atoms with van der Waals surface area (Å²) in [6.45, 7) is 1.01. The van der Waals surface area contributed by atoms with Gasteiger partial charge in [-0.2, -0.15) is 0 Å². The highest BCUT2D eigenvalue weighted by Gasteiger charge is 2.27. The van der Waals surface area contributed by atoms with Crippen molar-refractivity contribution in [2.75, 3.05) is 19.0 Å². The summed E-state index contributed by atoms with van der Waals surface area (Å²) in [7, 11) is 1.94. The fourth-order valence-corrected chi connectivity index (χ4v) is 3.70. The number of aromatic nitrogens is 3. The Hall–Kier alpha value is -2.19. The van der Waals surface area contributed by atoms with Gasteiger partial charge in [0.15, 0.2) is 28.6 Å². The first-order valence-electron chi connectivity index (χ1n) is 8.49. The second-order valence-electron chi connectivity index (χ2n) is 5.91. The molecule has 0 N–H and O–H groups in total. The zero-order valence-corrected chi connectivity index (χ0v) is 17.1. The highest BCUT2D eigenvalue weighted by molar-refractivity contribution is 9.10. The van der Waals surface area contributed by atoms with Gasteiger partial charge in [0.1, 0.15) is 12.4 Å². The molecule has 4 rings (SSSR count). The van der Waals surface area contributed by atoms with Crippen LogP contribution in [0, 0.1) is 0 Å². The van der Waals surface area contributed by atoms with Crippen LogP contribution in [0.25, 0.3) is 0 Å². The van der Waals surface area contributed by atoms with E-state index >= 15 is 0 Å². The van der Waals surface area contributed by atoms with E-state index in [1.807, 2.05) is 60.1 Å². The van der Waals surface area contributed by atoms with Crippen molar-refractivity contribution < 1.29 is 14.2 Å². The maximum absolute atomic E-state index is 6.02. The molecule has 1 atom stereocenters. The highest BCUT2D eigenvalue weighted by atomic mass is 79.9. The lowest BCUT2D eigenvalue weighted by atomic mass is 10.2. The summed E-state index contributed by atoms with van der Waals surface area (Å²) in [5, 5.41) is 9.41. The summed E-state index contributed by atoms with van der Waals surface area (Å²) < 4.78 is 20.5. The molecule has 2 heterocycles. The number of hydrogen-bond acceptors (Lipinski definition) is 6. The third-order valence-corrected chi connectivity index (χ3v) is 5.58. The van der Waals surface area contributed by atoms with Gasteiger partial charge in [-0.05, 0) is 36.4 Å². The number of benzene rings is 2. The zero-order valence-electron chi connectivity index (χ0n) is 14.7. The van der Waals surface area contributed by atoms with Crippen LogP contribution in [-0.4, -0.2) is 33.7 Å². The molecule has 0 saturated carbocycles. The average Bonchev–Trinajstić information content (AvgIpc) is 3.07. The van der Waals surface area contributed by atoms with E-state index in [-0.39, 0.29) is 6.10 Å². The Morgan fingerprint density at radius 3 is 2.74 bits per heavy atom. The van der Waals surface area contributed by atoms with E-state index in [1.54, 1.807) is 11.8 Å². The smallest absolute Gasteiger partial charge is 0.192 e. The van der Waals surface area contributed by atoms with Crippen LogP contribution in [0.15, 0.2) is 58.2 Å². The predicted molar refractivity (Wildman–Crippen MR) is 107 cm³/mol. The minimum Gasteiger partial charge on any atom is -0.493 e. The molecule has 0 aliphatic carbocycles. The molecule has 0 amide bonds. The lowest BCUT2D eigenvalue weighted by molar-refractivity contribution is 0.0825. The van der Waals surface area contributed by atoms with Gasteiger partial charge in [-0.25, -0.2) is 0 Å². The number of thioether (sulfide) groups is 1. The van der Waals surface area contributed by atoms with Gasteiger partial charge in [-0.1, -0.05) is 39.8 Å². The third kappa shape index (κ3) is 4.22. The van der Waals surface area contributed by atoms with Gasteiger partial charge in [0.2, 0.25) is 0 Å². The molecule has 1 aliphatic rings. The highest BCUT2D eigenvalue weighted by Crippen LogP contribution is 2.35. The van der Waals surface area contributed by atoms with Crippen LogP contribution in [0.2, 0.25) is 0 Å². The molecule has 140 valence electrons. The summed E-state index contributed by atoms with van der Waals surface area (Å²) in [6, 6.07) is 15.4. The molecular formula is C19H18BrN3O3S. The second kappa shape index (κ2) is 8.22. The van der Waals surface area contributed by atoms with E-state index in [9.17, 15) is 0 Å². The van der Waals surface area contributed by atoms with Crippen LogP contribution < -0.4 is 14.2 Å². The van der Waals surface area contributed by atoms with Gasteiger partial charge < -0.3 is 18.8 Å². The van der Waals surface area contributed by atoms with Crippen LogP contribution in [-0.2, 0) is 7.05 Å². The van der Waals surface area contributed by atoms with Crippen molar-refractivity contribution in [3.63, 3.8) is 0 Å². The lowest BCUT2D eigenvalue weighted by Gasteiger charge is -2.25. The van der Waals surface area contributed by atoms with Crippen LogP contribution in [0.4, 0.5) is 0 Å². The van der Waals surface area contributed by atoms with Gasteiger partial charge in [-0.15, -0.1) is 10.2 Å². The van der Waals surface area contributed by atoms with Crippen LogP contribution >= 0.6 is 27.7 Å². The van der Waals surface area contributed by atoms with E-state index in [1.165, 1.54) is 0 Å². The lowest BCUT2D eigenvalue weighted by Crippen LogP contribution is -2.24. The Kier molecular flexibility index (Phi) is 5.54. The van der Waals surface area contributed by atoms with E-state index in [0.717, 1.165) is 38.5 Å². The summed E-state index contributed by atoms with van der Waals surface area (Å²) in [6.07, 6.45) is -0.272. The maximum Gasteiger partial charge on any atom is 0.192 e. The minimum atomic E-state index is -0.272. The van der Waals surface area contributed by atoms with E-state index < -0.39 is 0 Å². The largest absolute Gasteiger partial charge is 0.493 e. The van der Waals surface area contributed by atoms with E-state index in [2.05, 4.69) is 26.1 Å². The SMILES string of the molecule is Cn1c(SCCOc2ccc(Br)cc2)nnc1C1COc2ccccc2O1. The first kappa shape index (κ1) is 18.2. The van der Waals surface area contributed by atoms with Crippen molar-refractivity contribution in [2.24, 2.45) is 7.05 Å². The number of rotatable bonds is 6. The molecule has 3 aromatic rings. The molecule has 6 nitrogen and oxygen atoms in total. The molecule has 8 heteroatoms. The molecule has 1 unspecified atom stereocenters. The number of halogens is 1.